The van der Waals surface area contributed by atoms with Gasteiger partial charge in [0.25, 0.3) is 0 Å². The van der Waals surface area contributed by atoms with Gasteiger partial charge in [0.15, 0.2) is 5.78 Å². The number of hydrogen-bond acceptors (Lipinski definition) is 3. The minimum Gasteiger partial charge on any atom is -0.399 e. The molecule has 0 aliphatic rings. The van der Waals surface area contributed by atoms with Crippen LogP contribution in [0.15, 0.2) is 48.8 Å². The predicted molar refractivity (Wildman–Crippen MR) is 65.8 cm³/mol. The van der Waals surface area contributed by atoms with Crippen molar-refractivity contribution < 1.29 is 4.79 Å². The third kappa shape index (κ3) is 2.58. The molecular formula is C12H11ClN2O. The molecule has 0 saturated carbocycles. The highest BCUT2D eigenvalue weighted by Crippen LogP contribution is 2.11. The summed E-state index contributed by atoms with van der Waals surface area (Å²) in [6.45, 7) is 0. The fraction of sp³-hybridized carbons (Fsp3) is 0. The average Bonchev–Trinajstić information content (AvgIpc) is 2.29. The number of hydrogen-bond donors (Lipinski definition) is 1. The van der Waals surface area contributed by atoms with Crippen molar-refractivity contribution in [3.63, 3.8) is 0 Å². The molecule has 2 rings (SSSR count). The number of nitrogens with zero attached hydrogens (tertiary/aromatic N) is 1. The molecule has 2 N–H and O–H groups in total. The number of carbonyl (C=O) groups excluding carboxylic acids is 1. The first-order chi connectivity index (χ1) is 7.27. The SMILES string of the molecule is Cl.Nc1cccc(C(=O)c2ccncc2)c1. The summed E-state index contributed by atoms with van der Waals surface area (Å²) in [5, 5.41) is 0. The van der Waals surface area contributed by atoms with Gasteiger partial charge in [0, 0.05) is 29.2 Å². The van der Waals surface area contributed by atoms with Crippen LogP contribution in [-0.4, -0.2) is 10.8 Å². The molecule has 1 aromatic heterocycles. The van der Waals surface area contributed by atoms with Crippen molar-refractivity contribution in [1.29, 1.82) is 0 Å². The molecule has 0 fully saturated rings. The lowest BCUT2D eigenvalue weighted by molar-refractivity contribution is 0.103. The van der Waals surface area contributed by atoms with Crippen LogP contribution in [0.2, 0.25) is 0 Å². The molecule has 82 valence electrons. The Kier molecular flexibility index (Phi) is 4.03. The maximum absolute atomic E-state index is 11.9. The second-order valence-corrected chi connectivity index (χ2v) is 3.19. The molecule has 1 heterocycles. The van der Waals surface area contributed by atoms with Crippen LogP contribution in [0.3, 0.4) is 0 Å². The van der Waals surface area contributed by atoms with E-state index in [-0.39, 0.29) is 18.2 Å². The first-order valence-electron chi connectivity index (χ1n) is 4.57. The lowest BCUT2D eigenvalue weighted by atomic mass is 10.0. The van der Waals surface area contributed by atoms with Crippen LogP contribution in [0.25, 0.3) is 0 Å². The van der Waals surface area contributed by atoms with Gasteiger partial charge in [-0.1, -0.05) is 12.1 Å². The zero-order chi connectivity index (χ0) is 10.7. The molecule has 0 aliphatic heterocycles. The van der Waals surface area contributed by atoms with Gasteiger partial charge in [-0.2, -0.15) is 0 Å². The summed E-state index contributed by atoms with van der Waals surface area (Å²) in [4.78, 5) is 15.8. The van der Waals surface area contributed by atoms with E-state index < -0.39 is 0 Å². The van der Waals surface area contributed by atoms with Crippen LogP contribution in [0.4, 0.5) is 5.69 Å². The first kappa shape index (κ1) is 12.2. The number of anilines is 1. The Morgan fingerprint density at radius 3 is 2.38 bits per heavy atom. The number of ketones is 1. The van der Waals surface area contributed by atoms with E-state index in [2.05, 4.69) is 4.98 Å². The molecular weight excluding hydrogens is 224 g/mol. The Morgan fingerprint density at radius 1 is 1.06 bits per heavy atom. The van der Waals surface area contributed by atoms with Gasteiger partial charge in [-0.25, -0.2) is 0 Å². The monoisotopic (exact) mass is 234 g/mol. The lowest BCUT2D eigenvalue weighted by Gasteiger charge is -2.01. The zero-order valence-electron chi connectivity index (χ0n) is 8.46. The number of nitrogens with two attached hydrogens (primary N) is 1. The summed E-state index contributed by atoms with van der Waals surface area (Å²) >= 11 is 0. The smallest absolute Gasteiger partial charge is 0.193 e. The zero-order valence-corrected chi connectivity index (χ0v) is 9.28. The van der Waals surface area contributed by atoms with Gasteiger partial charge >= 0.3 is 0 Å². The lowest BCUT2D eigenvalue weighted by Crippen LogP contribution is -2.01. The molecule has 1 aromatic carbocycles. The minimum absolute atomic E-state index is 0. The van der Waals surface area contributed by atoms with Crippen molar-refractivity contribution in [3.05, 3.63) is 59.9 Å². The van der Waals surface area contributed by atoms with E-state index in [1.165, 1.54) is 0 Å². The van der Waals surface area contributed by atoms with E-state index in [9.17, 15) is 4.79 Å². The second kappa shape index (κ2) is 5.28. The van der Waals surface area contributed by atoms with Crippen molar-refractivity contribution >= 4 is 23.9 Å². The normalized spacial score (nSPS) is 9.25. The van der Waals surface area contributed by atoms with E-state index in [0.717, 1.165) is 0 Å². The van der Waals surface area contributed by atoms with Crippen LogP contribution >= 0.6 is 12.4 Å². The fourth-order valence-electron chi connectivity index (χ4n) is 1.35. The minimum atomic E-state index is -0.0373. The summed E-state index contributed by atoms with van der Waals surface area (Å²) < 4.78 is 0. The molecule has 0 spiro atoms. The third-order valence-electron chi connectivity index (χ3n) is 2.09. The van der Waals surface area contributed by atoms with Gasteiger partial charge in [-0.05, 0) is 24.3 Å². The highest BCUT2D eigenvalue weighted by atomic mass is 35.5. The third-order valence-corrected chi connectivity index (χ3v) is 2.09. The Labute approximate surface area is 99.7 Å². The number of rotatable bonds is 2. The predicted octanol–water partition coefficient (Wildman–Crippen LogP) is 2.32. The van der Waals surface area contributed by atoms with Crippen molar-refractivity contribution in [1.82, 2.24) is 4.98 Å². The van der Waals surface area contributed by atoms with Crippen LogP contribution in [-0.2, 0) is 0 Å². The average molecular weight is 235 g/mol. The Morgan fingerprint density at radius 2 is 1.75 bits per heavy atom. The summed E-state index contributed by atoms with van der Waals surface area (Å²) in [5.41, 5.74) is 7.42. The first-order valence-corrected chi connectivity index (χ1v) is 4.57. The van der Waals surface area contributed by atoms with Crippen LogP contribution < -0.4 is 5.73 Å². The van der Waals surface area contributed by atoms with Gasteiger partial charge in [0.2, 0.25) is 0 Å². The highest BCUT2D eigenvalue weighted by molar-refractivity contribution is 6.09. The standard InChI is InChI=1S/C12H10N2O.ClH/c13-11-3-1-2-10(8-11)12(15)9-4-6-14-7-5-9;/h1-8H,13H2;1H. The number of halogens is 1. The van der Waals surface area contributed by atoms with Gasteiger partial charge < -0.3 is 5.73 Å². The summed E-state index contributed by atoms with van der Waals surface area (Å²) in [6, 6.07) is 10.3. The molecule has 0 unspecified atom stereocenters. The summed E-state index contributed by atoms with van der Waals surface area (Å²) in [5.74, 6) is -0.0373. The number of pyridine rings is 1. The van der Waals surface area contributed by atoms with E-state index in [0.29, 0.717) is 16.8 Å². The molecule has 0 aliphatic carbocycles. The van der Waals surface area contributed by atoms with Crippen molar-refractivity contribution in [3.8, 4) is 0 Å². The van der Waals surface area contributed by atoms with Crippen LogP contribution in [0, 0.1) is 0 Å². The van der Waals surface area contributed by atoms with E-state index in [1.807, 2.05) is 0 Å². The highest BCUT2D eigenvalue weighted by Gasteiger charge is 2.07. The van der Waals surface area contributed by atoms with Crippen molar-refractivity contribution in [2.45, 2.75) is 0 Å². The van der Waals surface area contributed by atoms with Crippen molar-refractivity contribution in [2.75, 3.05) is 5.73 Å². The Hall–Kier alpha value is -1.87. The molecule has 16 heavy (non-hydrogen) atoms. The van der Waals surface area contributed by atoms with Crippen LogP contribution in [0.5, 0.6) is 0 Å². The number of aromatic nitrogens is 1. The van der Waals surface area contributed by atoms with Gasteiger partial charge in [-0.15, -0.1) is 12.4 Å². The van der Waals surface area contributed by atoms with Gasteiger partial charge in [0.1, 0.15) is 0 Å². The Bertz CT molecular complexity index is 485. The molecule has 0 atom stereocenters. The molecule has 0 bridgehead atoms. The quantitative estimate of drug-likeness (QED) is 0.641. The van der Waals surface area contributed by atoms with Crippen LogP contribution in [0.1, 0.15) is 15.9 Å². The topological polar surface area (TPSA) is 56.0 Å². The summed E-state index contributed by atoms with van der Waals surface area (Å²) in [7, 11) is 0. The van der Waals surface area contributed by atoms with E-state index >= 15 is 0 Å². The van der Waals surface area contributed by atoms with Gasteiger partial charge in [-0.3, -0.25) is 9.78 Å². The molecule has 0 saturated heterocycles. The molecule has 0 radical (unpaired) electrons. The maximum atomic E-state index is 11.9. The van der Waals surface area contributed by atoms with Gasteiger partial charge in [0.05, 0.1) is 0 Å². The fourth-order valence-corrected chi connectivity index (χ4v) is 1.35. The maximum Gasteiger partial charge on any atom is 0.193 e. The molecule has 3 nitrogen and oxygen atoms in total. The number of carbonyl (C=O) groups is 1. The molecule has 4 heteroatoms. The molecule has 2 aromatic rings. The van der Waals surface area contributed by atoms with E-state index in [1.54, 1.807) is 48.8 Å². The summed E-state index contributed by atoms with van der Waals surface area (Å²) in [6.07, 6.45) is 3.19. The van der Waals surface area contributed by atoms with E-state index in [4.69, 9.17) is 5.73 Å². The number of benzene rings is 1. The number of nitrogen functional groups attached to an aromatic ring is 1. The molecule has 0 amide bonds. The van der Waals surface area contributed by atoms with Crippen molar-refractivity contribution in [2.24, 2.45) is 0 Å². The Balaban J connectivity index is 0.00000128. The second-order valence-electron chi connectivity index (χ2n) is 3.19. The largest absolute Gasteiger partial charge is 0.399 e.